The quantitative estimate of drug-likeness (QED) is 0.303. The summed E-state index contributed by atoms with van der Waals surface area (Å²) in [7, 11) is -3.32. The van der Waals surface area contributed by atoms with Crippen LogP contribution < -0.4 is 5.32 Å². The summed E-state index contributed by atoms with van der Waals surface area (Å²) in [6.45, 7) is 7.64. The molecule has 0 saturated carbocycles. The SMILES string of the molecule is CCS(=O)(=O)c1ccc(CNC(=O)c2ccc(C3(C(C)(C)C)CC(c4ccc(C(F)(F)F)cc4)CN3C(=O)O)cc2)cc1. The van der Waals surface area contributed by atoms with E-state index >= 15 is 0 Å². The first-order valence-corrected chi connectivity index (χ1v) is 15.5. The second-order valence-electron chi connectivity index (χ2n) is 11.8. The number of sulfone groups is 1. The van der Waals surface area contributed by atoms with Crippen LogP contribution in [0.3, 0.4) is 0 Å². The van der Waals surface area contributed by atoms with Crippen molar-refractivity contribution in [2.24, 2.45) is 5.41 Å². The van der Waals surface area contributed by atoms with Crippen LogP contribution in [-0.4, -0.2) is 42.7 Å². The maximum atomic E-state index is 13.1. The molecule has 2 unspecified atom stereocenters. The van der Waals surface area contributed by atoms with E-state index in [0.29, 0.717) is 23.1 Å². The van der Waals surface area contributed by atoms with Gasteiger partial charge in [0.2, 0.25) is 0 Å². The summed E-state index contributed by atoms with van der Waals surface area (Å²) in [6, 6.07) is 17.9. The average Bonchev–Trinajstić information content (AvgIpc) is 3.39. The Balaban J connectivity index is 1.56. The molecule has 3 aromatic carbocycles. The van der Waals surface area contributed by atoms with Crippen molar-refractivity contribution in [2.75, 3.05) is 12.3 Å². The first-order chi connectivity index (χ1) is 20.0. The Labute approximate surface area is 249 Å². The fourth-order valence-electron chi connectivity index (χ4n) is 5.90. The fourth-order valence-corrected chi connectivity index (χ4v) is 6.78. The van der Waals surface area contributed by atoms with Gasteiger partial charge in [-0.1, -0.05) is 64.1 Å². The second kappa shape index (κ2) is 11.7. The van der Waals surface area contributed by atoms with Crippen LogP contribution in [0.25, 0.3) is 0 Å². The van der Waals surface area contributed by atoms with E-state index < -0.39 is 38.6 Å². The highest BCUT2D eigenvalue weighted by atomic mass is 32.2. The Morgan fingerprint density at radius 3 is 2.02 bits per heavy atom. The summed E-state index contributed by atoms with van der Waals surface area (Å²) in [5.41, 5.74) is 0.0143. The molecule has 1 aliphatic rings. The lowest BCUT2D eigenvalue weighted by atomic mass is 9.66. The van der Waals surface area contributed by atoms with Gasteiger partial charge in [0.25, 0.3) is 5.91 Å². The van der Waals surface area contributed by atoms with Crippen LogP contribution in [0.2, 0.25) is 0 Å². The number of amides is 2. The molecule has 7 nitrogen and oxygen atoms in total. The van der Waals surface area contributed by atoms with Gasteiger partial charge in [0.15, 0.2) is 9.84 Å². The van der Waals surface area contributed by atoms with E-state index in [1.165, 1.54) is 29.2 Å². The molecule has 0 aromatic heterocycles. The number of hydrogen-bond acceptors (Lipinski definition) is 4. The van der Waals surface area contributed by atoms with Crippen molar-refractivity contribution in [1.82, 2.24) is 10.2 Å². The van der Waals surface area contributed by atoms with Gasteiger partial charge in [0.05, 0.1) is 21.8 Å². The van der Waals surface area contributed by atoms with Crippen molar-refractivity contribution in [3.8, 4) is 0 Å². The third-order valence-electron chi connectivity index (χ3n) is 8.33. The van der Waals surface area contributed by atoms with Gasteiger partial charge in [-0.15, -0.1) is 0 Å². The molecule has 2 N–H and O–H groups in total. The highest BCUT2D eigenvalue weighted by molar-refractivity contribution is 7.91. The van der Waals surface area contributed by atoms with Crippen LogP contribution >= 0.6 is 0 Å². The molecule has 2 amide bonds. The van der Waals surface area contributed by atoms with E-state index in [1.54, 1.807) is 43.3 Å². The standard InChI is InChI=1S/C32H35F3N2O5S/c1-5-43(41,42)27-16-6-21(7-17-27)19-36-28(38)23-10-12-25(13-11-23)31(30(2,3)4)18-24(20-37(31)29(39)40)22-8-14-26(15-9-22)32(33,34)35/h6-17,24H,5,18-20H2,1-4H3,(H,36,38)(H,39,40). The van der Waals surface area contributed by atoms with Crippen LogP contribution in [0.4, 0.5) is 18.0 Å². The van der Waals surface area contributed by atoms with Crippen molar-refractivity contribution in [3.05, 3.63) is 101 Å². The summed E-state index contributed by atoms with van der Waals surface area (Å²) in [5.74, 6) is -0.694. The van der Waals surface area contributed by atoms with Crippen molar-refractivity contribution < 1.29 is 36.3 Å². The van der Waals surface area contributed by atoms with Crippen molar-refractivity contribution in [3.63, 3.8) is 0 Å². The lowest BCUT2D eigenvalue weighted by molar-refractivity contribution is -0.137. The number of alkyl halides is 3. The fraction of sp³-hybridized carbons (Fsp3) is 0.375. The topological polar surface area (TPSA) is 104 Å². The van der Waals surface area contributed by atoms with Crippen LogP contribution in [0.15, 0.2) is 77.7 Å². The number of carboxylic acid groups (broad SMARTS) is 1. The monoisotopic (exact) mass is 616 g/mol. The molecule has 4 rings (SSSR count). The van der Waals surface area contributed by atoms with Gasteiger partial charge in [0.1, 0.15) is 0 Å². The van der Waals surface area contributed by atoms with Gasteiger partial charge in [-0.05, 0) is 64.9 Å². The molecule has 1 heterocycles. The molecule has 0 bridgehead atoms. The van der Waals surface area contributed by atoms with Crippen LogP contribution in [0.1, 0.15) is 72.6 Å². The van der Waals surface area contributed by atoms with Crippen molar-refractivity contribution in [1.29, 1.82) is 0 Å². The summed E-state index contributed by atoms with van der Waals surface area (Å²) in [6.07, 6.45) is -5.25. The van der Waals surface area contributed by atoms with E-state index in [9.17, 15) is 36.3 Å². The Morgan fingerprint density at radius 2 is 1.53 bits per heavy atom. The zero-order chi connectivity index (χ0) is 31.8. The molecule has 0 radical (unpaired) electrons. The summed E-state index contributed by atoms with van der Waals surface area (Å²) in [4.78, 5) is 27.1. The average molecular weight is 617 g/mol. The Hall–Kier alpha value is -3.86. The highest BCUT2D eigenvalue weighted by Gasteiger charge is 2.56. The van der Waals surface area contributed by atoms with E-state index in [-0.39, 0.29) is 35.6 Å². The molecular weight excluding hydrogens is 581 g/mol. The minimum Gasteiger partial charge on any atom is -0.465 e. The minimum absolute atomic E-state index is 0.00445. The van der Waals surface area contributed by atoms with E-state index in [0.717, 1.165) is 17.7 Å². The normalized spacial score (nSPS) is 19.3. The molecule has 0 spiro atoms. The lowest BCUT2D eigenvalue weighted by Crippen LogP contribution is -2.52. The van der Waals surface area contributed by atoms with E-state index in [4.69, 9.17) is 0 Å². The third-order valence-corrected chi connectivity index (χ3v) is 10.1. The van der Waals surface area contributed by atoms with Crippen LogP contribution in [-0.2, 0) is 28.1 Å². The molecule has 230 valence electrons. The molecule has 11 heteroatoms. The number of hydrogen-bond donors (Lipinski definition) is 2. The van der Waals surface area contributed by atoms with Crippen LogP contribution in [0.5, 0.6) is 0 Å². The maximum absolute atomic E-state index is 13.1. The van der Waals surface area contributed by atoms with Gasteiger partial charge in [0, 0.05) is 24.6 Å². The number of carbonyl (C=O) groups excluding carboxylic acids is 1. The summed E-state index contributed by atoms with van der Waals surface area (Å²) in [5, 5.41) is 13.1. The molecule has 1 fully saturated rings. The number of nitrogens with zero attached hydrogens (tertiary/aromatic N) is 1. The van der Waals surface area contributed by atoms with E-state index in [1.807, 2.05) is 20.8 Å². The molecule has 2 atom stereocenters. The first kappa shape index (κ1) is 32.1. The Morgan fingerprint density at radius 1 is 0.953 bits per heavy atom. The number of halogens is 3. The van der Waals surface area contributed by atoms with E-state index in [2.05, 4.69) is 5.32 Å². The molecule has 0 aliphatic carbocycles. The molecular formula is C32H35F3N2O5S. The number of rotatable bonds is 7. The first-order valence-electron chi connectivity index (χ1n) is 13.9. The maximum Gasteiger partial charge on any atom is 0.416 e. The number of nitrogens with one attached hydrogen (secondary N) is 1. The number of likely N-dealkylation sites (tertiary alicyclic amines) is 1. The van der Waals surface area contributed by atoms with Crippen molar-refractivity contribution >= 4 is 21.8 Å². The zero-order valence-corrected chi connectivity index (χ0v) is 25.2. The van der Waals surface area contributed by atoms with Crippen molar-refractivity contribution in [2.45, 2.75) is 63.2 Å². The molecule has 1 saturated heterocycles. The Kier molecular flexibility index (Phi) is 8.70. The molecule has 3 aromatic rings. The van der Waals surface area contributed by atoms with Crippen LogP contribution in [0, 0.1) is 5.41 Å². The molecule has 43 heavy (non-hydrogen) atoms. The van der Waals surface area contributed by atoms with Gasteiger partial charge in [-0.2, -0.15) is 13.2 Å². The predicted molar refractivity (Wildman–Crippen MR) is 156 cm³/mol. The van der Waals surface area contributed by atoms with Gasteiger partial charge in [-0.25, -0.2) is 13.2 Å². The highest BCUT2D eigenvalue weighted by Crippen LogP contribution is 2.55. The predicted octanol–water partition coefficient (Wildman–Crippen LogP) is 6.84. The third kappa shape index (κ3) is 6.41. The summed E-state index contributed by atoms with van der Waals surface area (Å²) < 4.78 is 63.4. The zero-order valence-electron chi connectivity index (χ0n) is 24.4. The summed E-state index contributed by atoms with van der Waals surface area (Å²) >= 11 is 0. The molecule has 1 aliphatic heterocycles. The second-order valence-corrected chi connectivity index (χ2v) is 14.1. The van der Waals surface area contributed by atoms with Gasteiger partial charge in [-0.3, -0.25) is 9.69 Å². The Bertz CT molecular complexity index is 1580. The smallest absolute Gasteiger partial charge is 0.416 e. The number of carbonyl (C=O) groups is 2. The van der Waals surface area contributed by atoms with Gasteiger partial charge >= 0.3 is 12.3 Å². The largest absolute Gasteiger partial charge is 0.465 e. The number of benzene rings is 3. The lowest BCUT2D eigenvalue weighted by Gasteiger charge is -2.47. The minimum atomic E-state index is -4.47. The van der Waals surface area contributed by atoms with Gasteiger partial charge < -0.3 is 10.4 Å².